The van der Waals surface area contributed by atoms with E-state index in [1.807, 2.05) is 36.4 Å². The van der Waals surface area contributed by atoms with Crippen LogP contribution in [0.1, 0.15) is 21.5 Å². The van der Waals surface area contributed by atoms with Crippen LogP contribution in [0, 0.1) is 5.92 Å². The fourth-order valence-electron chi connectivity index (χ4n) is 2.92. The fraction of sp³-hybridized carbons (Fsp3) is 0.278. The van der Waals surface area contributed by atoms with E-state index in [2.05, 4.69) is 0 Å². The maximum atomic E-state index is 11.5. The fourth-order valence-corrected chi connectivity index (χ4v) is 2.92. The van der Waals surface area contributed by atoms with Crippen molar-refractivity contribution in [3.05, 3.63) is 59.2 Å². The number of carbonyl (C=O) groups is 1. The van der Waals surface area contributed by atoms with Gasteiger partial charge in [-0.2, -0.15) is 0 Å². The summed E-state index contributed by atoms with van der Waals surface area (Å²) in [6.45, 7) is 0.632. The molecule has 0 fully saturated rings. The number of hydrogen-bond acceptors (Lipinski definition) is 3. The van der Waals surface area contributed by atoms with Crippen LogP contribution in [0.5, 0.6) is 11.5 Å². The molecule has 1 heterocycles. The first-order valence-corrected chi connectivity index (χ1v) is 7.35. The molecular formula is C18H19NO3. The molecule has 0 radical (unpaired) electrons. The van der Waals surface area contributed by atoms with E-state index in [-0.39, 0.29) is 5.91 Å². The molecule has 0 bridgehead atoms. The lowest BCUT2D eigenvalue weighted by atomic mass is 9.89. The van der Waals surface area contributed by atoms with Gasteiger partial charge >= 0.3 is 0 Å². The van der Waals surface area contributed by atoms with Gasteiger partial charge in [-0.1, -0.05) is 24.3 Å². The quantitative estimate of drug-likeness (QED) is 0.943. The van der Waals surface area contributed by atoms with Gasteiger partial charge in [0.25, 0.3) is 0 Å². The van der Waals surface area contributed by atoms with Crippen LogP contribution < -0.4 is 15.2 Å². The van der Waals surface area contributed by atoms with Crippen molar-refractivity contribution in [2.75, 3.05) is 13.7 Å². The Morgan fingerprint density at radius 1 is 1.32 bits per heavy atom. The maximum Gasteiger partial charge on any atom is 0.248 e. The molecule has 1 aliphatic heterocycles. The van der Waals surface area contributed by atoms with Crippen molar-refractivity contribution in [3.8, 4) is 11.5 Å². The predicted octanol–water partition coefficient (Wildman–Crippen LogP) is 2.59. The Bertz CT molecular complexity index is 696. The SMILES string of the molecule is COc1ccc2c(c1)OC[C@H](Cc1ccccc1C(N)=O)C2. The molecule has 0 saturated heterocycles. The summed E-state index contributed by atoms with van der Waals surface area (Å²) in [5.74, 6) is 1.65. The highest BCUT2D eigenvalue weighted by Gasteiger charge is 2.22. The number of rotatable bonds is 4. The number of benzene rings is 2. The van der Waals surface area contributed by atoms with Crippen LogP contribution in [0.3, 0.4) is 0 Å². The zero-order valence-corrected chi connectivity index (χ0v) is 12.5. The monoisotopic (exact) mass is 297 g/mol. The van der Waals surface area contributed by atoms with Crippen molar-refractivity contribution in [2.24, 2.45) is 11.7 Å². The molecule has 2 aromatic rings. The summed E-state index contributed by atoms with van der Waals surface area (Å²) in [5, 5.41) is 0. The number of methoxy groups -OCH3 is 1. The van der Waals surface area contributed by atoms with Crippen molar-refractivity contribution in [2.45, 2.75) is 12.8 Å². The van der Waals surface area contributed by atoms with Gasteiger partial charge in [-0.15, -0.1) is 0 Å². The third kappa shape index (κ3) is 2.91. The second-order valence-corrected chi connectivity index (χ2v) is 5.58. The van der Waals surface area contributed by atoms with Crippen LogP contribution in [0.25, 0.3) is 0 Å². The first-order chi connectivity index (χ1) is 10.7. The summed E-state index contributed by atoms with van der Waals surface area (Å²) in [5.41, 5.74) is 8.21. The van der Waals surface area contributed by atoms with Gasteiger partial charge in [0.15, 0.2) is 0 Å². The van der Waals surface area contributed by atoms with Gasteiger partial charge < -0.3 is 15.2 Å². The predicted molar refractivity (Wildman–Crippen MR) is 84.3 cm³/mol. The molecule has 1 atom stereocenters. The van der Waals surface area contributed by atoms with Crippen molar-refractivity contribution >= 4 is 5.91 Å². The van der Waals surface area contributed by atoms with E-state index in [9.17, 15) is 4.79 Å². The van der Waals surface area contributed by atoms with Crippen LogP contribution in [-0.2, 0) is 12.8 Å². The summed E-state index contributed by atoms with van der Waals surface area (Å²) >= 11 is 0. The largest absolute Gasteiger partial charge is 0.497 e. The van der Waals surface area contributed by atoms with E-state index in [0.29, 0.717) is 18.1 Å². The van der Waals surface area contributed by atoms with Gasteiger partial charge in [-0.25, -0.2) is 0 Å². The lowest BCUT2D eigenvalue weighted by Crippen LogP contribution is -2.24. The minimum atomic E-state index is -0.377. The molecule has 4 heteroatoms. The molecular weight excluding hydrogens is 278 g/mol. The summed E-state index contributed by atoms with van der Waals surface area (Å²) in [6.07, 6.45) is 1.71. The van der Waals surface area contributed by atoms with Crippen LogP contribution >= 0.6 is 0 Å². The number of fused-ring (bicyclic) bond motifs is 1. The summed E-state index contributed by atoms with van der Waals surface area (Å²) < 4.78 is 11.1. The molecule has 22 heavy (non-hydrogen) atoms. The van der Waals surface area contributed by atoms with Gasteiger partial charge in [-0.3, -0.25) is 4.79 Å². The van der Waals surface area contributed by atoms with Crippen LogP contribution in [-0.4, -0.2) is 19.6 Å². The minimum Gasteiger partial charge on any atom is -0.497 e. The minimum absolute atomic E-state index is 0.335. The van der Waals surface area contributed by atoms with Crippen molar-refractivity contribution in [3.63, 3.8) is 0 Å². The number of hydrogen-bond donors (Lipinski definition) is 1. The third-order valence-electron chi connectivity index (χ3n) is 4.05. The Hall–Kier alpha value is -2.49. The lowest BCUT2D eigenvalue weighted by Gasteiger charge is -2.26. The molecule has 2 N–H and O–H groups in total. The van der Waals surface area contributed by atoms with Crippen molar-refractivity contribution < 1.29 is 14.3 Å². The van der Waals surface area contributed by atoms with Gasteiger partial charge in [0.2, 0.25) is 5.91 Å². The number of primary amides is 1. The molecule has 0 spiro atoms. The summed E-state index contributed by atoms with van der Waals surface area (Å²) in [7, 11) is 1.65. The molecule has 3 rings (SSSR count). The highest BCUT2D eigenvalue weighted by Crippen LogP contribution is 2.32. The van der Waals surface area contributed by atoms with Gasteiger partial charge in [0.1, 0.15) is 11.5 Å². The number of nitrogens with two attached hydrogens (primary N) is 1. The van der Waals surface area contributed by atoms with Crippen molar-refractivity contribution in [1.29, 1.82) is 0 Å². The summed E-state index contributed by atoms with van der Waals surface area (Å²) in [4.78, 5) is 11.5. The van der Waals surface area contributed by atoms with E-state index in [1.165, 1.54) is 5.56 Å². The Kier molecular flexibility index (Phi) is 4.00. The average Bonchev–Trinajstić information content (AvgIpc) is 2.54. The number of amides is 1. The molecule has 1 amide bonds. The zero-order valence-electron chi connectivity index (χ0n) is 12.5. The molecule has 1 aliphatic rings. The van der Waals surface area contributed by atoms with E-state index in [1.54, 1.807) is 13.2 Å². The Balaban J connectivity index is 1.77. The van der Waals surface area contributed by atoms with Gasteiger partial charge in [0, 0.05) is 17.5 Å². The maximum absolute atomic E-state index is 11.5. The average molecular weight is 297 g/mol. The first kappa shape index (κ1) is 14.4. The van der Waals surface area contributed by atoms with Gasteiger partial charge in [-0.05, 0) is 36.1 Å². The Morgan fingerprint density at radius 3 is 2.91 bits per heavy atom. The Morgan fingerprint density at radius 2 is 2.14 bits per heavy atom. The van der Waals surface area contributed by atoms with Crippen molar-refractivity contribution in [1.82, 2.24) is 0 Å². The third-order valence-corrected chi connectivity index (χ3v) is 4.05. The molecule has 0 saturated carbocycles. The van der Waals surface area contributed by atoms with Crippen LogP contribution in [0.4, 0.5) is 0 Å². The summed E-state index contributed by atoms with van der Waals surface area (Å²) in [6, 6.07) is 13.4. The second kappa shape index (κ2) is 6.10. The van der Waals surface area contributed by atoms with Gasteiger partial charge in [0.05, 0.1) is 13.7 Å². The number of ether oxygens (including phenoxy) is 2. The smallest absolute Gasteiger partial charge is 0.248 e. The second-order valence-electron chi connectivity index (χ2n) is 5.58. The lowest BCUT2D eigenvalue weighted by molar-refractivity contribution is 0.0999. The molecule has 2 aromatic carbocycles. The topological polar surface area (TPSA) is 61.6 Å². The molecule has 0 aliphatic carbocycles. The number of carbonyl (C=O) groups excluding carboxylic acids is 1. The van der Waals surface area contributed by atoms with E-state index < -0.39 is 0 Å². The molecule has 114 valence electrons. The standard InChI is InChI=1S/C18H19NO3/c1-21-15-7-6-14-9-12(11-22-17(14)10-15)8-13-4-2-3-5-16(13)18(19)20/h2-7,10,12H,8-9,11H2,1H3,(H2,19,20)/t12-/m1/s1. The zero-order chi connectivity index (χ0) is 15.5. The van der Waals surface area contributed by atoms with E-state index in [0.717, 1.165) is 29.9 Å². The first-order valence-electron chi connectivity index (χ1n) is 7.35. The van der Waals surface area contributed by atoms with Crippen LogP contribution in [0.2, 0.25) is 0 Å². The van der Waals surface area contributed by atoms with E-state index >= 15 is 0 Å². The van der Waals surface area contributed by atoms with Crippen LogP contribution in [0.15, 0.2) is 42.5 Å². The molecule has 0 unspecified atom stereocenters. The highest BCUT2D eigenvalue weighted by molar-refractivity contribution is 5.94. The Labute approximate surface area is 129 Å². The molecule has 0 aromatic heterocycles. The molecule has 4 nitrogen and oxygen atoms in total. The highest BCUT2D eigenvalue weighted by atomic mass is 16.5. The normalized spacial score (nSPS) is 16.5. The van der Waals surface area contributed by atoms with E-state index in [4.69, 9.17) is 15.2 Å².